The summed E-state index contributed by atoms with van der Waals surface area (Å²) in [5.74, 6) is 0. The number of rotatable bonds is 1. The van der Waals surface area contributed by atoms with Gasteiger partial charge in [-0.15, -0.1) is 0 Å². The molecule has 1 nitrogen and oxygen atoms in total. The van der Waals surface area contributed by atoms with E-state index in [1.807, 2.05) is 36.4 Å². The van der Waals surface area contributed by atoms with Crippen molar-refractivity contribution in [3.05, 3.63) is 48.9 Å². The second-order valence-electron chi connectivity index (χ2n) is 2.32. The van der Waals surface area contributed by atoms with Crippen LogP contribution in [0.2, 0.25) is 0 Å². The molecule has 53 valence electrons. The van der Waals surface area contributed by atoms with Crippen LogP contribution in [0.3, 0.4) is 0 Å². The molecular formula is C10H7O. The van der Waals surface area contributed by atoms with Crippen molar-refractivity contribution in [2.45, 2.75) is 0 Å². The molecule has 1 aromatic carbocycles. The molecule has 0 atom stereocenters. The van der Waals surface area contributed by atoms with Crippen molar-refractivity contribution in [2.75, 3.05) is 0 Å². The average molecular weight is 143 g/mol. The van der Waals surface area contributed by atoms with Crippen molar-refractivity contribution >= 4 is 0 Å². The Morgan fingerprint density at radius 2 is 1.82 bits per heavy atom. The summed E-state index contributed by atoms with van der Waals surface area (Å²) in [5, 5.41) is 0. The van der Waals surface area contributed by atoms with E-state index >= 15 is 0 Å². The van der Waals surface area contributed by atoms with Gasteiger partial charge < -0.3 is 4.42 Å². The van der Waals surface area contributed by atoms with E-state index in [2.05, 4.69) is 6.26 Å². The third-order valence-electron chi connectivity index (χ3n) is 1.58. The van der Waals surface area contributed by atoms with Crippen LogP contribution in [0.25, 0.3) is 11.1 Å². The van der Waals surface area contributed by atoms with Gasteiger partial charge >= 0.3 is 0 Å². The van der Waals surface area contributed by atoms with Crippen LogP contribution in [-0.4, -0.2) is 0 Å². The molecule has 0 bridgehead atoms. The van der Waals surface area contributed by atoms with Gasteiger partial charge in [0.25, 0.3) is 0 Å². The Morgan fingerprint density at radius 1 is 1.00 bits per heavy atom. The normalized spacial score (nSPS) is 9.82. The van der Waals surface area contributed by atoms with Gasteiger partial charge in [0, 0.05) is 5.56 Å². The van der Waals surface area contributed by atoms with Crippen molar-refractivity contribution in [3.63, 3.8) is 0 Å². The smallest absolute Gasteiger partial charge is 0.169 e. The van der Waals surface area contributed by atoms with Crippen molar-refractivity contribution in [2.24, 2.45) is 0 Å². The maximum atomic E-state index is 4.84. The lowest BCUT2D eigenvalue weighted by Gasteiger charge is -1.92. The fraction of sp³-hybridized carbons (Fsp3) is 0. The molecule has 2 rings (SSSR count). The minimum absolute atomic E-state index is 1.07. The van der Waals surface area contributed by atoms with E-state index in [-0.39, 0.29) is 0 Å². The van der Waals surface area contributed by atoms with Gasteiger partial charge in [0.2, 0.25) is 0 Å². The van der Waals surface area contributed by atoms with Crippen LogP contribution in [0.4, 0.5) is 0 Å². The third-order valence-corrected chi connectivity index (χ3v) is 1.58. The fourth-order valence-corrected chi connectivity index (χ4v) is 1.01. The van der Waals surface area contributed by atoms with E-state index in [9.17, 15) is 0 Å². The molecule has 0 aliphatic heterocycles. The maximum absolute atomic E-state index is 4.84. The molecule has 0 fully saturated rings. The average Bonchev–Trinajstić information content (AvgIpc) is 2.58. The summed E-state index contributed by atoms with van der Waals surface area (Å²) >= 11 is 0. The first-order valence-electron chi connectivity index (χ1n) is 3.47. The molecule has 0 N–H and O–H groups in total. The quantitative estimate of drug-likeness (QED) is 0.598. The number of benzene rings is 1. The molecule has 0 spiro atoms. The van der Waals surface area contributed by atoms with Crippen molar-refractivity contribution in [1.82, 2.24) is 0 Å². The summed E-state index contributed by atoms with van der Waals surface area (Å²) in [6.07, 6.45) is 4.34. The van der Waals surface area contributed by atoms with Crippen LogP contribution < -0.4 is 0 Å². The summed E-state index contributed by atoms with van der Waals surface area (Å²) in [7, 11) is 0. The minimum Gasteiger partial charge on any atom is -0.460 e. The lowest BCUT2D eigenvalue weighted by Crippen LogP contribution is -1.69. The van der Waals surface area contributed by atoms with Crippen molar-refractivity contribution in [1.29, 1.82) is 0 Å². The van der Waals surface area contributed by atoms with Crippen LogP contribution >= 0.6 is 0 Å². The Labute approximate surface area is 65.3 Å². The highest BCUT2D eigenvalue weighted by Gasteiger charge is 1.95. The second kappa shape index (κ2) is 2.62. The standard InChI is InChI=1S/C10H7O/c1-2-4-9(5-3-1)10-6-7-11-8-10/h1-6,8H. The molecule has 0 aliphatic rings. The Kier molecular flexibility index (Phi) is 1.48. The number of hydrogen-bond donors (Lipinski definition) is 0. The molecule has 11 heavy (non-hydrogen) atoms. The topological polar surface area (TPSA) is 13.1 Å². The molecule has 1 heterocycles. The largest absolute Gasteiger partial charge is 0.460 e. The van der Waals surface area contributed by atoms with E-state index < -0.39 is 0 Å². The van der Waals surface area contributed by atoms with E-state index in [0.29, 0.717) is 0 Å². The molecule has 0 unspecified atom stereocenters. The number of hydrogen-bond acceptors (Lipinski definition) is 1. The first-order valence-corrected chi connectivity index (χ1v) is 3.47. The molecule has 1 heteroatoms. The van der Waals surface area contributed by atoms with E-state index in [4.69, 9.17) is 4.42 Å². The zero-order chi connectivity index (χ0) is 7.52. The summed E-state index contributed by atoms with van der Waals surface area (Å²) in [5.41, 5.74) is 2.24. The molecule has 1 aromatic heterocycles. The van der Waals surface area contributed by atoms with Crippen LogP contribution in [-0.2, 0) is 0 Å². The predicted molar refractivity (Wildman–Crippen MR) is 43.0 cm³/mol. The first-order chi connectivity index (χ1) is 5.47. The van der Waals surface area contributed by atoms with Gasteiger partial charge in [-0.1, -0.05) is 30.3 Å². The molecular weight excluding hydrogens is 136 g/mol. The Bertz CT molecular complexity index is 308. The zero-order valence-electron chi connectivity index (χ0n) is 5.95. The molecule has 0 aliphatic carbocycles. The van der Waals surface area contributed by atoms with Gasteiger partial charge in [-0.05, 0) is 11.6 Å². The molecule has 0 amide bonds. The van der Waals surface area contributed by atoms with Crippen LogP contribution in [0.1, 0.15) is 0 Å². The predicted octanol–water partition coefficient (Wildman–Crippen LogP) is 2.75. The Hall–Kier alpha value is -1.50. The lowest BCUT2D eigenvalue weighted by molar-refractivity contribution is 0.559. The second-order valence-corrected chi connectivity index (χ2v) is 2.32. The molecule has 0 saturated carbocycles. The minimum atomic E-state index is 1.07. The summed E-state index contributed by atoms with van der Waals surface area (Å²) in [6, 6.07) is 11.9. The summed E-state index contributed by atoms with van der Waals surface area (Å²) in [4.78, 5) is 0. The highest BCUT2D eigenvalue weighted by atomic mass is 16.3. The van der Waals surface area contributed by atoms with Crippen molar-refractivity contribution in [3.8, 4) is 11.1 Å². The van der Waals surface area contributed by atoms with Crippen LogP contribution in [0, 0.1) is 6.26 Å². The first kappa shape index (κ1) is 6.23. The summed E-state index contributed by atoms with van der Waals surface area (Å²) < 4.78 is 4.84. The van der Waals surface area contributed by atoms with Gasteiger partial charge in [-0.2, -0.15) is 0 Å². The van der Waals surface area contributed by atoms with Gasteiger partial charge in [-0.25, -0.2) is 0 Å². The molecule has 2 aromatic rings. The summed E-state index contributed by atoms with van der Waals surface area (Å²) in [6.45, 7) is 0. The van der Waals surface area contributed by atoms with Gasteiger partial charge in [-0.3, -0.25) is 0 Å². The third kappa shape index (κ3) is 1.17. The van der Waals surface area contributed by atoms with Crippen molar-refractivity contribution < 1.29 is 4.42 Å². The fourth-order valence-electron chi connectivity index (χ4n) is 1.01. The SMILES string of the molecule is [c]1cc(-c2ccccc2)co1. The van der Waals surface area contributed by atoms with Gasteiger partial charge in [0.15, 0.2) is 6.26 Å². The van der Waals surface area contributed by atoms with Gasteiger partial charge in [0.1, 0.15) is 0 Å². The van der Waals surface area contributed by atoms with E-state index in [1.165, 1.54) is 0 Å². The Balaban J connectivity index is 2.46. The number of furan rings is 1. The monoisotopic (exact) mass is 143 g/mol. The molecule has 1 radical (unpaired) electrons. The van der Waals surface area contributed by atoms with Gasteiger partial charge in [0.05, 0.1) is 6.26 Å². The van der Waals surface area contributed by atoms with Crippen LogP contribution in [0.5, 0.6) is 0 Å². The van der Waals surface area contributed by atoms with Crippen LogP contribution in [0.15, 0.2) is 47.1 Å². The lowest BCUT2D eigenvalue weighted by atomic mass is 10.1. The Morgan fingerprint density at radius 3 is 2.45 bits per heavy atom. The maximum Gasteiger partial charge on any atom is 0.169 e. The highest BCUT2D eigenvalue weighted by molar-refractivity contribution is 5.61. The zero-order valence-corrected chi connectivity index (χ0v) is 5.95. The highest BCUT2D eigenvalue weighted by Crippen LogP contribution is 2.17. The van der Waals surface area contributed by atoms with E-state index in [1.54, 1.807) is 6.26 Å². The van der Waals surface area contributed by atoms with E-state index in [0.717, 1.165) is 11.1 Å². The molecule has 0 saturated heterocycles.